The van der Waals surface area contributed by atoms with E-state index in [0.717, 1.165) is 37.3 Å². The van der Waals surface area contributed by atoms with E-state index in [1.54, 1.807) is 0 Å². The SMILES string of the molecule is CC1=CC(C)=N/C(=C(\C#N)C(=N)N2CCC(C)CC2)N1. The van der Waals surface area contributed by atoms with Crippen LogP contribution in [-0.4, -0.2) is 29.5 Å². The lowest BCUT2D eigenvalue weighted by Gasteiger charge is -2.32. The Balaban J connectivity index is 2.23. The third kappa shape index (κ3) is 3.08. The second-order valence-electron chi connectivity index (χ2n) is 5.56. The zero-order chi connectivity index (χ0) is 14.7. The van der Waals surface area contributed by atoms with Crippen LogP contribution in [0.5, 0.6) is 0 Å². The van der Waals surface area contributed by atoms with Gasteiger partial charge in [-0.1, -0.05) is 6.92 Å². The van der Waals surface area contributed by atoms with Gasteiger partial charge in [0.25, 0.3) is 0 Å². The van der Waals surface area contributed by atoms with Crippen LogP contribution in [0.25, 0.3) is 0 Å². The molecule has 0 radical (unpaired) electrons. The predicted octanol–water partition coefficient (Wildman–Crippen LogP) is 2.40. The normalized spacial score (nSPS) is 22.4. The van der Waals surface area contributed by atoms with Crippen molar-refractivity contribution in [2.45, 2.75) is 33.6 Å². The first-order valence-corrected chi connectivity index (χ1v) is 7.00. The number of nitrogens with one attached hydrogen (secondary N) is 2. The first-order chi connectivity index (χ1) is 9.51. The summed E-state index contributed by atoms with van der Waals surface area (Å²) in [7, 11) is 0. The van der Waals surface area contributed by atoms with Crippen LogP contribution < -0.4 is 5.32 Å². The minimum atomic E-state index is 0.285. The van der Waals surface area contributed by atoms with Crippen molar-refractivity contribution >= 4 is 11.5 Å². The quantitative estimate of drug-likeness (QED) is 0.437. The molecular formula is C15H21N5. The highest BCUT2D eigenvalue weighted by Crippen LogP contribution is 2.20. The molecule has 0 saturated carbocycles. The number of rotatable bonds is 1. The summed E-state index contributed by atoms with van der Waals surface area (Å²) in [5.74, 6) is 1.48. The Morgan fingerprint density at radius 3 is 2.65 bits per heavy atom. The Morgan fingerprint density at radius 1 is 1.45 bits per heavy atom. The standard InChI is InChI=1S/C15H21N5/c1-10-4-6-20(7-5-10)14(17)13(9-16)15-18-11(2)8-12(3)19-15/h8,10,17-18H,4-7H2,1-3H3/b15-13+,17-14?. The van der Waals surface area contributed by atoms with Crippen LogP contribution in [0.2, 0.25) is 0 Å². The molecule has 1 fully saturated rings. The third-order valence-electron chi connectivity index (χ3n) is 3.71. The van der Waals surface area contributed by atoms with E-state index in [4.69, 9.17) is 5.41 Å². The molecule has 5 heteroatoms. The average molecular weight is 271 g/mol. The molecular weight excluding hydrogens is 250 g/mol. The van der Waals surface area contributed by atoms with Gasteiger partial charge in [-0.15, -0.1) is 0 Å². The lowest BCUT2D eigenvalue weighted by molar-refractivity contribution is 0.279. The minimum Gasteiger partial charge on any atom is -0.356 e. The summed E-state index contributed by atoms with van der Waals surface area (Å²) in [4.78, 5) is 6.33. The lowest BCUT2D eigenvalue weighted by atomic mass is 9.98. The highest BCUT2D eigenvalue weighted by Gasteiger charge is 2.23. The van der Waals surface area contributed by atoms with E-state index in [1.165, 1.54) is 0 Å². The average Bonchev–Trinajstić information content (AvgIpc) is 2.39. The van der Waals surface area contributed by atoms with Gasteiger partial charge in [-0.2, -0.15) is 5.26 Å². The van der Waals surface area contributed by atoms with Crippen molar-refractivity contribution in [3.8, 4) is 6.07 Å². The fourth-order valence-corrected chi connectivity index (χ4v) is 2.50. The molecule has 2 aliphatic rings. The van der Waals surface area contributed by atoms with Crippen molar-refractivity contribution in [3.63, 3.8) is 0 Å². The van der Waals surface area contributed by atoms with Crippen LogP contribution in [0.3, 0.4) is 0 Å². The van der Waals surface area contributed by atoms with E-state index in [-0.39, 0.29) is 5.84 Å². The first kappa shape index (κ1) is 14.3. The Labute approximate surface area is 120 Å². The molecule has 1 saturated heterocycles. The predicted molar refractivity (Wildman–Crippen MR) is 80.3 cm³/mol. The fourth-order valence-electron chi connectivity index (χ4n) is 2.50. The number of likely N-dealkylation sites (tertiary alicyclic amines) is 1. The highest BCUT2D eigenvalue weighted by atomic mass is 15.2. The Hall–Kier alpha value is -2.09. The van der Waals surface area contributed by atoms with Gasteiger partial charge in [-0.3, -0.25) is 5.41 Å². The van der Waals surface area contributed by atoms with Crippen molar-refractivity contribution < 1.29 is 0 Å². The third-order valence-corrected chi connectivity index (χ3v) is 3.71. The maximum absolute atomic E-state index is 9.40. The Bertz CT molecular complexity index is 539. The Kier molecular flexibility index (Phi) is 4.23. The second kappa shape index (κ2) is 5.91. The van der Waals surface area contributed by atoms with Crippen LogP contribution in [0.1, 0.15) is 33.6 Å². The van der Waals surface area contributed by atoms with Crippen LogP contribution >= 0.6 is 0 Å². The number of aliphatic imine (C=N–C) groups is 1. The zero-order valence-corrected chi connectivity index (χ0v) is 12.3. The van der Waals surface area contributed by atoms with Gasteiger partial charge in [-0.05, 0) is 38.7 Å². The minimum absolute atomic E-state index is 0.285. The molecule has 2 aliphatic heterocycles. The molecule has 0 aromatic carbocycles. The number of allylic oxidation sites excluding steroid dienone is 2. The fraction of sp³-hybridized carbons (Fsp3) is 0.533. The Morgan fingerprint density at radius 2 is 2.10 bits per heavy atom. The summed E-state index contributed by atoms with van der Waals surface area (Å²) in [6.45, 7) is 7.74. The van der Waals surface area contributed by atoms with Crippen molar-refractivity contribution in [1.82, 2.24) is 10.2 Å². The zero-order valence-electron chi connectivity index (χ0n) is 12.3. The van der Waals surface area contributed by atoms with Gasteiger partial charge < -0.3 is 10.2 Å². The van der Waals surface area contributed by atoms with Crippen molar-refractivity contribution in [2.75, 3.05) is 13.1 Å². The largest absolute Gasteiger partial charge is 0.356 e. The number of nitrogens with zero attached hydrogens (tertiary/aromatic N) is 3. The molecule has 0 aromatic rings. The van der Waals surface area contributed by atoms with Gasteiger partial charge in [0.2, 0.25) is 0 Å². The second-order valence-corrected chi connectivity index (χ2v) is 5.56. The molecule has 0 aromatic heterocycles. The van der Waals surface area contributed by atoms with Crippen LogP contribution in [0, 0.1) is 22.7 Å². The molecule has 0 aliphatic carbocycles. The monoisotopic (exact) mass is 271 g/mol. The van der Waals surface area contributed by atoms with E-state index >= 15 is 0 Å². The van der Waals surface area contributed by atoms with E-state index in [1.807, 2.05) is 24.8 Å². The molecule has 5 nitrogen and oxygen atoms in total. The van der Waals surface area contributed by atoms with Gasteiger partial charge in [0.05, 0.1) is 0 Å². The summed E-state index contributed by atoms with van der Waals surface area (Å²) in [5, 5.41) is 20.8. The molecule has 0 bridgehead atoms. The molecule has 106 valence electrons. The molecule has 2 rings (SSSR count). The number of hydrogen-bond acceptors (Lipinski definition) is 4. The van der Waals surface area contributed by atoms with E-state index in [2.05, 4.69) is 23.3 Å². The maximum atomic E-state index is 9.40. The van der Waals surface area contributed by atoms with E-state index < -0.39 is 0 Å². The molecule has 0 amide bonds. The van der Waals surface area contributed by atoms with E-state index in [0.29, 0.717) is 17.3 Å². The summed E-state index contributed by atoms with van der Waals surface area (Å²) in [6, 6.07) is 2.14. The van der Waals surface area contributed by atoms with Crippen LogP contribution in [0.4, 0.5) is 0 Å². The molecule has 20 heavy (non-hydrogen) atoms. The molecule has 0 atom stereocenters. The number of piperidine rings is 1. The topological polar surface area (TPSA) is 75.3 Å². The van der Waals surface area contributed by atoms with Gasteiger partial charge in [-0.25, -0.2) is 4.99 Å². The summed E-state index contributed by atoms with van der Waals surface area (Å²) < 4.78 is 0. The highest BCUT2D eigenvalue weighted by molar-refractivity contribution is 6.02. The molecule has 0 spiro atoms. The number of amidine groups is 1. The van der Waals surface area contributed by atoms with Crippen LogP contribution in [0.15, 0.2) is 28.2 Å². The van der Waals surface area contributed by atoms with E-state index in [9.17, 15) is 5.26 Å². The maximum Gasteiger partial charge on any atom is 0.152 e. The first-order valence-electron chi connectivity index (χ1n) is 7.00. The van der Waals surface area contributed by atoms with Crippen molar-refractivity contribution in [2.24, 2.45) is 10.9 Å². The summed E-state index contributed by atoms with van der Waals surface area (Å²) in [6.07, 6.45) is 4.07. The van der Waals surface area contributed by atoms with Gasteiger partial charge in [0, 0.05) is 24.5 Å². The summed E-state index contributed by atoms with van der Waals surface area (Å²) in [5.41, 5.74) is 2.12. The number of hydrogen-bond donors (Lipinski definition) is 2. The molecule has 0 unspecified atom stereocenters. The van der Waals surface area contributed by atoms with Crippen molar-refractivity contribution in [1.29, 1.82) is 10.7 Å². The summed E-state index contributed by atoms with van der Waals surface area (Å²) >= 11 is 0. The van der Waals surface area contributed by atoms with Crippen molar-refractivity contribution in [3.05, 3.63) is 23.2 Å². The smallest absolute Gasteiger partial charge is 0.152 e. The molecule has 2 N–H and O–H groups in total. The number of nitriles is 1. The molecule has 2 heterocycles. The lowest BCUT2D eigenvalue weighted by Crippen LogP contribution is -2.39. The van der Waals surface area contributed by atoms with Gasteiger partial charge in [0.1, 0.15) is 17.5 Å². The van der Waals surface area contributed by atoms with Gasteiger partial charge in [0.15, 0.2) is 5.82 Å². The van der Waals surface area contributed by atoms with Gasteiger partial charge >= 0.3 is 0 Å². The van der Waals surface area contributed by atoms with Crippen LogP contribution in [-0.2, 0) is 0 Å².